The van der Waals surface area contributed by atoms with Crippen molar-refractivity contribution in [1.29, 1.82) is 0 Å². The average Bonchev–Trinajstić information content (AvgIpc) is 3.79. The number of piperazine rings is 2. The number of likely N-dealkylation sites (N-methyl/N-ethyl adjacent to an activating group) is 4. The molecule has 10 nitrogen and oxygen atoms in total. The Morgan fingerprint density at radius 2 is 0.639 bits per heavy atom. The van der Waals surface area contributed by atoms with Crippen molar-refractivity contribution in [1.82, 2.24) is 39.2 Å². The lowest BCUT2D eigenvalue weighted by molar-refractivity contribution is 0.0503. The summed E-state index contributed by atoms with van der Waals surface area (Å²) in [7, 11) is 17.4. The second-order valence-corrected chi connectivity index (χ2v) is 18.9. The number of hydrogen-bond acceptors (Lipinski definition) is 10. The average molecular weight is 850 g/mol. The van der Waals surface area contributed by atoms with Gasteiger partial charge in [-0.1, -0.05) is 61.4 Å². The van der Waals surface area contributed by atoms with Gasteiger partial charge in [0.05, 0.1) is 13.2 Å². The second-order valence-electron chi connectivity index (χ2n) is 18.9. The SMILES string of the molecule is CN1CCC(c2ccccc2)CC1.CN1CCCC1.CN1CCCCC1.CN1CCCCC1.CN1CCN(C)CC1.CN1CCN(c2ccccc2)CC1.CN1CCOCC1. The highest BCUT2D eigenvalue weighted by atomic mass is 16.5. The van der Waals surface area contributed by atoms with Crippen molar-refractivity contribution < 1.29 is 4.74 Å². The van der Waals surface area contributed by atoms with Crippen LogP contribution in [-0.4, -0.2) is 227 Å². The molecular formula is C51H95N9O. The third-order valence-electron chi connectivity index (χ3n) is 13.1. The minimum absolute atomic E-state index is 0.803. The van der Waals surface area contributed by atoms with Gasteiger partial charge in [0, 0.05) is 71.1 Å². The maximum atomic E-state index is 5.10. The van der Waals surface area contributed by atoms with Crippen LogP contribution in [0.5, 0.6) is 0 Å². The highest BCUT2D eigenvalue weighted by molar-refractivity contribution is 5.46. The first kappa shape index (κ1) is 53.2. The molecule has 9 rings (SSSR count). The second kappa shape index (κ2) is 33.4. The molecule has 0 aromatic heterocycles. The van der Waals surface area contributed by atoms with E-state index in [4.69, 9.17) is 4.74 Å². The lowest BCUT2D eigenvalue weighted by atomic mass is 9.90. The third kappa shape index (κ3) is 26.3. The van der Waals surface area contributed by atoms with E-state index in [1.807, 2.05) is 0 Å². The summed E-state index contributed by atoms with van der Waals surface area (Å²) in [6.45, 7) is 24.0. The molecule has 7 heterocycles. The molecule has 10 heteroatoms. The standard InChI is InChI=1S/C12H17N.C11H16N2.C6H14N2.2C6H13N.C5H11NO.C5H11N/c1-13-9-7-12(8-10-13)11-5-3-2-4-6-11;1-12-7-9-13(10-8-12)11-5-3-2-4-6-11;1-7-3-5-8(2)6-4-7;2*1-7-5-3-2-4-6-7;1-6-2-4-7-5-3-6;1-6-4-2-3-5-6/h2-6,12H,7-10H2,1H3;2-6H,7-10H2,1H3;3-6H2,1-2H3;2*2-6H2,1H3;2-5H2,1H3;2-5H2,1H3. The van der Waals surface area contributed by atoms with Crippen molar-refractivity contribution in [3.8, 4) is 0 Å². The summed E-state index contributed by atoms with van der Waals surface area (Å²) in [4.78, 5) is 21.4. The van der Waals surface area contributed by atoms with Crippen LogP contribution in [0.1, 0.15) is 75.7 Å². The minimum Gasteiger partial charge on any atom is -0.379 e. The van der Waals surface area contributed by atoms with E-state index in [1.165, 1.54) is 167 Å². The van der Waals surface area contributed by atoms with Gasteiger partial charge in [-0.15, -0.1) is 0 Å². The number of piperidine rings is 3. The van der Waals surface area contributed by atoms with E-state index in [0.29, 0.717) is 0 Å². The molecule has 7 aliphatic heterocycles. The molecule has 0 atom stereocenters. The number of benzene rings is 2. The largest absolute Gasteiger partial charge is 0.379 e. The van der Waals surface area contributed by atoms with Crippen molar-refractivity contribution in [3.63, 3.8) is 0 Å². The quantitative estimate of drug-likeness (QED) is 0.328. The van der Waals surface area contributed by atoms with Gasteiger partial charge >= 0.3 is 0 Å². The normalized spacial score (nSPS) is 23.0. The number of morpholine rings is 1. The van der Waals surface area contributed by atoms with Crippen LogP contribution in [0, 0.1) is 0 Å². The smallest absolute Gasteiger partial charge is 0.0594 e. The first-order valence-corrected chi connectivity index (χ1v) is 24.5. The molecule has 0 amide bonds. The summed E-state index contributed by atoms with van der Waals surface area (Å²) in [5, 5.41) is 0. The first-order valence-electron chi connectivity index (χ1n) is 24.5. The van der Waals surface area contributed by atoms with Gasteiger partial charge < -0.3 is 48.8 Å². The summed E-state index contributed by atoms with van der Waals surface area (Å²) in [5.41, 5.74) is 2.88. The summed E-state index contributed by atoms with van der Waals surface area (Å²) in [5.74, 6) is 0.803. The van der Waals surface area contributed by atoms with Crippen LogP contribution in [0.2, 0.25) is 0 Å². The van der Waals surface area contributed by atoms with Gasteiger partial charge in [0.1, 0.15) is 0 Å². The number of anilines is 1. The number of ether oxygens (including phenoxy) is 1. The van der Waals surface area contributed by atoms with Crippen LogP contribution in [0.15, 0.2) is 60.7 Å². The van der Waals surface area contributed by atoms with Crippen LogP contribution >= 0.6 is 0 Å². The number of nitrogens with zero attached hydrogens (tertiary/aromatic N) is 9. The van der Waals surface area contributed by atoms with Crippen LogP contribution in [0.3, 0.4) is 0 Å². The van der Waals surface area contributed by atoms with E-state index in [9.17, 15) is 0 Å². The zero-order chi connectivity index (χ0) is 43.9. The number of para-hydroxylation sites is 1. The van der Waals surface area contributed by atoms with E-state index < -0.39 is 0 Å². The molecule has 2 aromatic carbocycles. The molecular weight excluding hydrogens is 755 g/mol. The van der Waals surface area contributed by atoms with E-state index in [-0.39, 0.29) is 0 Å². The molecule has 0 spiro atoms. The molecule has 7 saturated heterocycles. The molecule has 0 unspecified atom stereocenters. The van der Waals surface area contributed by atoms with Gasteiger partial charge in [-0.3, -0.25) is 0 Å². The van der Waals surface area contributed by atoms with Crippen molar-refractivity contribution >= 4 is 5.69 Å². The maximum Gasteiger partial charge on any atom is 0.0594 e. The Kier molecular flexibility index (Phi) is 29.1. The van der Waals surface area contributed by atoms with Gasteiger partial charge in [0.2, 0.25) is 0 Å². The van der Waals surface area contributed by atoms with Crippen molar-refractivity contribution in [2.45, 2.75) is 70.1 Å². The van der Waals surface area contributed by atoms with E-state index in [0.717, 1.165) is 45.3 Å². The maximum absolute atomic E-state index is 5.10. The molecule has 0 N–H and O–H groups in total. The zero-order valence-electron chi connectivity index (χ0n) is 41.0. The van der Waals surface area contributed by atoms with Crippen LogP contribution in [0.4, 0.5) is 5.69 Å². The van der Waals surface area contributed by atoms with Crippen LogP contribution in [-0.2, 0) is 4.74 Å². The highest BCUT2D eigenvalue weighted by Crippen LogP contribution is 2.26. The Labute approximate surface area is 377 Å². The summed E-state index contributed by atoms with van der Waals surface area (Å²) < 4.78 is 5.10. The van der Waals surface area contributed by atoms with Crippen LogP contribution in [0.25, 0.3) is 0 Å². The van der Waals surface area contributed by atoms with Crippen molar-refractivity contribution in [2.24, 2.45) is 0 Å². The Bertz CT molecular complexity index is 1140. The molecule has 61 heavy (non-hydrogen) atoms. The van der Waals surface area contributed by atoms with Crippen LogP contribution < -0.4 is 4.90 Å². The molecule has 2 aromatic rings. The Morgan fingerprint density at radius 3 is 0.967 bits per heavy atom. The fourth-order valence-corrected chi connectivity index (χ4v) is 8.31. The molecule has 7 aliphatic rings. The monoisotopic (exact) mass is 850 g/mol. The molecule has 0 radical (unpaired) electrons. The molecule has 0 aliphatic carbocycles. The Balaban J connectivity index is 0.000000194. The molecule has 0 bridgehead atoms. The van der Waals surface area contributed by atoms with Gasteiger partial charge in [-0.05, 0) is 184 Å². The minimum atomic E-state index is 0.803. The predicted molar refractivity (Wildman–Crippen MR) is 265 cm³/mol. The highest BCUT2D eigenvalue weighted by Gasteiger charge is 2.18. The number of likely N-dealkylation sites (tertiary alicyclic amines) is 4. The summed E-state index contributed by atoms with van der Waals surface area (Å²) in [6.07, 6.45) is 14.0. The number of hydrogen-bond donors (Lipinski definition) is 0. The summed E-state index contributed by atoms with van der Waals surface area (Å²) >= 11 is 0. The zero-order valence-corrected chi connectivity index (χ0v) is 41.0. The lowest BCUT2D eigenvalue weighted by Crippen LogP contribution is -2.44. The van der Waals surface area contributed by atoms with Gasteiger partial charge in [-0.25, -0.2) is 0 Å². The molecule has 0 saturated carbocycles. The number of rotatable bonds is 2. The van der Waals surface area contributed by atoms with E-state index >= 15 is 0 Å². The van der Waals surface area contributed by atoms with Crippen molar-refractivity contribution in [3.05, 3.63) is 66.2 Å². The first-order chi connectivity index (χ1) is 29.6. The fraction of sp³-hybridized carbons (Fsp3) is 0.765. The Hall–Kier alpha value is -2.12. The van der Waals surface area contributed by atoms with E-state index in [1.54, 1.807) is 0 Å². The molecule has 350 valence electrons. The lowest BCUT2D eigenvalue weighted by Gasteiger charge is -2.33. The van der Waals surface area contributed by atoms with Gasteiger partial charge in [0.15, 0.2) is 0 Å². The topological polar surface area (TPSA) is 38.4 Å². The van der Waals surface area contributed by atoms with Gasteiger partial charge in [-0.2, -0.15) is 0 Å². The molecule has 7 fully saturated rings. The van der Waals surface area contributed by atoms with E-state index in [2.05, 4.69) is 161 Å². The predicted octanol–water partition coefficient (Wildman–Crippen LogP) is 6.66. The summed E-state index contributed by atoms with van der Waals surface area (Å²) in [6, 6.07) is 21.6. The third-order valence-corrected chi connectivity index (χ3v) is 13.1. The fourth-order valence-electron chi connectivity index (χ4n) is 8.31. The van der Waals surface area contributed by atoms with Crippen molar-refractivity contribution in [2.75, 3.05) is 192 Å². The Morgan fingerprint density at radius 1 is 0.328 bits per heavy atom. The van der Waals surface area contributed by atoms with Gasteiger partial charge in [0.25, 0.3) is 0 Å².